The predicted octanol–water partition coefficient (Wildman–Crippen LogP) is 3.73. The molecule has 0 saturated heterocycles. The number of fused-ring (bicyclic) bond motifs is 2. The van der Waals surface area contributed by atoms with E-state index in [0.29, 0.717) is 23.2 Å². The van der Waals surface area contributed by atoms with E-state index >= 15 is 0 Å². The topological polar surface area (TPSA) is 87.3 Å². The summed E-state index contributed by atoms with van der Waals surface area (Å²) in [5.41, 5.74) is 9.19. The molecular weight excluding hydrogens is 374 g/mol. The highest BCUT2D eigenvalue weighted by molar-refractivity contribution is 7.99. The molecule has 4 rings (SSSR count). The number of primary amides is 1. The number of amides is 1. The van der Waals surface area contributed by atoms with Crippen LogP contribution in [0.15, 0.2) is 47.5 Å². The molecule has 0 fully saturated rings. The second-order valence-electron chi connectivity index (χ2n) is 6.46. The van der Waals surface area contributed by atoms with E-state index < -0.39 is 5.91 Å². The van der Waals surface area contributed by atoms with E-state index in [1.54, 1.807) is 7.11 Å². The van der Waals surface area contributed by atoms with Gasteiger partial charge < -0.3 is 15.2 Å². The van der Waals surface area contributed by atoms with Gasteiger partial charge in [0.2, 0.25) is 11.8 Å². The molecule has 0 atom stereocenters. The summed E-state index contributed by atoms with van der Waals surface area (Å²) in [4.78, 5) is 20.7. The van der Waals surface area contributed by atoms with E-state index in [9.17, 15) is 4.79 Å². The third-order valence-corrected chi connectivity index (χ3v) is 5.53. The Hall–Kier alpha value is -3.06. The first kappa shape index (κ1) is 18.3. The Labute approximate surface area is 167 Å². The Kier molecular flexibility index (Phi) is 4.92. The first-order valence-electron chi connectivity index (χ1n) is 8.78. The molecule has 1 aliphatic heterocycles. The SMILES string of the molecule is COc1ccc(-c2nc3c(c(SCC(N)=O)n2)Cc2cccc(C)c2O3)cc1. The van der Waals surface area contributed by atoms with Gasteiger partial charge in [-0.15, -0.1) is 0 Å². The maximum absolute atomic E-state index is 11.3. The number of nitrogens with two attached hydrogens (primary N) is 1. The molecule has 2 aromatic carbocycles. The molecular formula is C21H19N3O3S. The minimum atomic E-state index is -0.392. The fraction of sp³-hybridized carbons (Fsp3) is 0.190. The lowest BCUT2D eigenvalue weighted by Crippen LogP contribution is -2.15. The molecule has 2 heterocycles. The molecule has 142 valence electrons. The molecule has 0 radical (unpaired) electrons. The van der Waals surface area contributed by atoms with Gasteiger partial charge in [0.05, 0.1) is 18.4 Å². The van der Waals surface area contributed by atoms with Crippen molar-refractivity contribution in [3.05, 3.63) is 59.2 Å². The molecule has 1 aliphatic rings. The maximum Gasteiger partial charge on any atom is 0.227 e. The van der Waals surface area contributed by atoms with Crippen LogP contribution in [0.1, 0.15) is 16.7 Å². The summed E-state index contributed by atoms with van der Waals surface area (Å²) in [6.45, 7) is 2.01. The van der Waals surface area contributed by atoms with Crippen LogP contribution < -0.4 is 15.2 Å². The van der Waals surface area contributed by atoms with Crippen molar-refractivity contribution in [1.82, 2.24) is 9.97 Å². The number of ether oxygens (including phenoxy) is 2. The molecule has 2 N–H and O–H groups in total. The number of carbonyl (C=O) groups is 1. The Balaban J connectivity index is 1.79. The third kappa shape index (κ3) is 3.53. The van der Waals surface area contributed by atoms with Crippen LogP contribution in [0, 0.1) is 6.92 Å². The van der Waals surface area contributed by atoms with Crippen LogP contribution >= 0.6 is 11.8 Å². The van der Waals surface area contributed by atoms with Gasteiger partial charge in [0.15, 0.2) is 5.82 Å². The Bertz CT molecular complexity index is 1050. The molecule has 1 aromatic heterocycles. The number of aryl methyl sites for hydroxylation is 1. The lowest BCUT2D eigenvalue weighted by Gasteiger charge is -2.23. The monoisotopic (exact) mass is 393 g/mol. The lowest BCUT2D eigenvalue weighted by molar-refractivity contribution is -0.115. The van der Waals surface area contributed by atoms with Crippen molar-refractivity contribution < 1.29 is 14.3 Å². The van der Waals surface area contributed by atoms with Crippen molar-refractivity contribution in [2.75, 3.05) is 12.9 Å². The number of para-hydroxylation sites is 1. The molecule has 0 aliphatic carbocycles. The number of carbonyl (C=O) groups excluding carboxylic acids is 1. The van der Waals surface area contributed by atoms with Crippen molar-refractivity contribution in [3.63, 3.8) is 0 Å². The van der Waals surface area contributed by atoms with E-state index in [2.05, 4.69) is 4.98 Å². The summed E-state index contributed by atoms with van der Waals surface area (Å²) >= 11 is 1.31. The van der Waals surface area contributed by atoms with E-state index in [4.69, 9.17) is 20.2 Å². The quantitative estimate of drug-likeness (QED) is 0.411. The molecule has 28 heavy (non-hydrogen) atoms. The second-order valence-corrected chi connectivity index (χ2v) is 7.43. The van der Waals surface area contributed by atoms with Gasteiger partial charge in [0, 0.05) is 12.0 Å². The number of rotatable bonds is 5. The first-order valence-corrected chi connectivity index (χ1v) is 9.76. The van der Waals surface area contributed by atoms with Crippen LogP contribution in [-0.4, -0.2) is 28.7 Å². The Morgan fingerprint density at radius 3 is 2.71 bits per heavy atom. The standard InChI is InChI=1S/C21H19N3O3S/c1-12-4-3-5-14-10-16-20(27-18(12)14)23-19(24-21(16)28-11-17(22)25)13-6-8-15(26-2)9-7-13/h3-9H,10-11H2,1-2H3,(H2,22,25). The summed E-state index contributed by atoms with van der Waals surface area (Å²) < 4.78 is 11.4. The average Bonchev–Trinajstić information content (AvgIpc) is 2.71. The van der Waals surface area contributed by atoms with Gasteiger partial charge in [-0.1, -0.05) is 30.0 Å². The number of thioether (sulfide) groups is 1. The van der Waals surface area contributed by atoms with Gasteiger partial charge in [-0.3, -0.25) is 4.79 Å². The lowest BCUT2D eigenvalue weighted by atomic mass is 10.0. The largest absolute Gasteiger partial charge is 0.497 e. The van der Waals surface area contributed by atoms with Crippen LogP contribution in [0.5, 0.6) is 17.4 Å². The molecule has 0 unspecified atom stereocenters. The molecule has 1 amide bonds. The highest BCUT2D eigenvalue weighted by Crippen LogP contribution is 2.41. The zero-order valence-electron chi connectivity index (χ0n) is 15.6. The fourth-order valence-corrected chi connectivity index (χ4v) is 3.86. The van der Waals surface area contributed by atoms with Crippen molar-refractivity contribution in [2.45, 2.75) is 18.4 Å². The molecule has 6 nitrogen and oxygen atoms in total. The highest BCUT2D eigenvalue weighted by Gasteiger charge is 2.25. The number of methoxy groups -OCH3 is 1. The molecule has 0 spiro atoms. The number of hydrogen-bond acceptors (Lipinski definition) is 6. The van der Waals surface area contributed by atoms with Crippen molar-refractivity contribution >= 4 is 17.7 Å². The smallest absolute Gasteiger partial charge is 0.227 e. The van der Waals surface area contributed by atoms with Crippen molar-refractivity contribution in [1.29, 1.82) is 0 Å². The third-order valence-electron chi connectivity index (χ3n) is 4.49. The Morgan fingerprint density at radius 2 is 2.00 bits per heavy atom. The van der Waals surface area contributed by atoms with Gasteiger partial charge in [-0.25, -0.2) is 4.98 Å². The van der Waals surface area contributed by atoms with E-state index in [0.717, 1.165) is 33.8 Å². The summed E-state index contributed by atoms with van der Waals surface area (Å²) in [6.07, 6.45) is 0.649. The second kappa shape index (κ2) is 7.52. The fourth-order valence-electron chi connectivity index (χ4n) is 3.09. The van der Waals surface area contributed by atoms with Gasteiger partial charge in [-0.05, 0) is 42.3 Å². The summed E-state index contributed by atoms with van der Waals surface area (Å²) in [7, 11) is 1.62. The summed E-state index contributed by atoms with van der Waals surface area (Å²) in [5.74, 6) is 2.40. The van der Waals surface area contributed by atoms with Crippen LogP contribution in [-0.2, 0) is 11.2 Å². The molecule has 0 bridgehead atoms. The number of benzene rings is 2. The predicted molar refractivity (Wildman–Crippen MR) is 108 cm³/mol. The normalized spacial score (nSPS) is 11.9. The van der Waals surface area contributed by atoms with Crippen LogP contribution in [0.25, 0.3) is 11.4 Å². The van der Waals surface area contributed by atoms with E-state index in [1.807, 2.05) is 49.4 Å². The summed E-state index contributed by atoms with van der Waals surface area (Å²) in [6, 6.07) is 13.5. The van der Waals surface area contributed by atoms with E-state index in [-0.39, 0.29) is 5.75 Å². The number of hydrogen-bond donors (Lipinski definition) is 1. The maximum atomic E-state index is 11.3. The molecule has 0 saturated carbocycles. The summed E-state index contributed by atoms with van der Waals surface area (Å²) in [5, 5.41) is 0.710. The molecule has 7 heteroatoms. The van der Waals surface area contributed by atoms with Gasteiger partial charge in [0.1, 0.15) is 16.5 Å². The van der Waals surface area contributed by atoms with E-state index in [1.165, 1.54) is 11.8 Å². The van der Waals surface area contributed by atoms with Crippen molar-refractivity contribution in [2.24, 2.45) is 5.73 Å². The number of nitrogens with zero attached hydrogens (tertiary/aromatic N) is 2. The Morgan fingerprint density at radius 1 is 1.21 bits per heavy atom. The average molecular weight is 393 g/mol. The molecule has 3 aromatic rings. The van der Waals surface area contributed by atoms with Gasteiger partial charge in [-0.2, -0.15) is 4.98 Å². The number of aromatic nitrogens is 2. The van der Waals surface area contributed by atoms with Crippen LogP contribution in [0.3, 0.4) is 0 Å². The minimum absolute atomic E-state index is 0.145. The zero-order chi connectivity index (χ0) is 19.7. The minimum Gasteiger partial charge on any atom is -0.497 e. The van der Waals surface area contributed by atoms with Crippen molar-refractivity contribution in [3.8, 4) is 28.8 Å². The van der Waals surface area contributed by atoms with Gasteiger partial charge in [0.25, 0.3) is 0 Å². The van der Waals surface area contributed by atoms with Crippen LogP contribution in [0.2, 0.25) is 0 Å². The van der Waals surface area contributed by atoms with Crippen LogP contribution in [0.4, 0.5) is 0 Å². The zero-order valence-corrected chi connectivity index (χ0v) is 16.4. The first-order chi connectivity index (χ1) is 13.5. The highest BCUT2D eigenvalue weighted by atomic mass is 32.2. The van der Waals surface area contributed by atoms with Gasteiger partial charge >= 0.3 is 0 Å².